The molecule has 0 aromatic heterocycles. The highest BCUT2D eigenvalue weighted by Crippen LogP contribution is 2.15. The Morgan fingerprint density at radius 1 is 1.21 bits per heavy atom. The van der Waals surface area contributed by atoms with Gasteiger partial charge in [0.05, 0.1) is 6.54 Å². The lowest BCUT2D eigenvalue weighted by atomic mass is 10.3. The molecule has 0 heterocycles. The van der Waals surface area contributed by atoms with E-state index in [2.05, 4.69) is 12.2 Å². The molecule has 5 heteroatoms. The molecule has 0 saturated heterocycles. The Labute approximate surface area is 83.5 Å². The minimum atomic E-state index is -4.08. The normalized spacial score (nSPS) is 12.4. The van der Waals surface area contributed by atoms with Gasteiger partial charge in [0.1, 0.15) is 0 Å². The van der Waals surface area contributed by atoms with E-state index in [4.69, 9.17) is 0 Å². The van der Waals surface area contributed by atoms with E-state index in [0.717, 1.165) is 25.9 Å². The summed E-state index contributed by atoms with van der Waals surface area (Å²) >= 11 is 0. The summed E-state index contributed by atoms with van der Waals surface area (Å²) in [5.74, 6) is 0. The van der Waals surface area contributed by atoms with Crippen molar-refractivity contribution in [2.45, 2.75) is 25.9 Å². The molecule has 0 bridgehead atoms. The third-order valence-corrected chi connectivity index (χ3v) is 1.77. The van der Waals surface area contributed by atoms with Crippen LogP contribution in [-0.4, -0.2) is 44.3 Å². The van der Waals surface area contributed by atoms with E-state index in [1.807, 2.05) is 0 Å². The van der Waals surface area contributed by atoms with Crippen LogP contribution in [0.3, 0.4) is 0 Å². The first-order valence-corrected chi connectivity index (χ1v) is 4.91. The van der Waals surface area contributed by atoms with Gasteiger partial charge in [0, 0.05) is 0 Å². The zero-order valence-corrected chi connectivity index (χ0v) is 8.82. The highest BCUT2D eigenvalue weighted by molar-refractivity contribution is 4.59. The van der Waals surface area contributed by atoms with Gasteiger partial charge in [-0.25, -0.2) is 0 Å². The molecule has 0 aliphatic carbocycles. The van der Waals surface area contributed by atoms with Crippen LogP contribution in [0.25, 0.3) is 0 Å². The van der Waals surface area contributed by atoms with Crippen LogP contribution in [0.1, 0.15) is 19.8 Å². The van der Waals surface area contributed by atoms with Crippen molar-refractivity contribution in [1.29, 1.82) is 0 Å². The standard InChI is InChI=1S/C9H19F3N2/c1-3-5-13-6-4-7-14(2)8-9(10,11)12/h13H,3-8H2,1-2H3. The molecule has 2 nitrogen and oxygen atoms in total. The third-order valence-electron chi connectivity index (χ3n) is 1.77. The SMILES string of the molecule is CCCNCCCN(C)CC(F)(F)F. The van der Waals surface area contributed by atoms with Gasteiger partial charge in [0.15, 0.2) is 0 Å². The van der Waals surface area contributed by atoms with Crippen molar-refractivity contribution in [1.82, 2.24) is 10.2 Å². The van der Waals surface area contributed by atoms with Crippen molar-refractivity contribution in [3.8, 4) is 0 Å². The molecule has 0 aromatic carbocycles. The van der Waals surface area contributed by atoms with Gasteiger partial charge in [0.2, 0.25) is 0 Å². The quantitative estimate of drug-likeness (QED) is 0.648. The van der Waals surface area contributed by atoms with Gasteiger partial charge < -0.3 is 5.32 Å². The smallest absolute Gasteiger partial charge is 0.317 e. The fourth-order valence-electron chi connectivity index (χ4n) is 1.16. The first kappa shape index (κ1) is 13.7. The van der Waals surface area contributed by atoms with Gasteiger partial charge in [-0.2, -0.15) is 13.2 Å². The lowest BCUT2D eigenvalue weighted by molar-refractivity contribution is -0.143. The van der Waals surface area contributed by atoms with Crippen LogP contribution < -0.4 is 5.32 Å². The molecule has 0 aliphatic rings. The van der Waals surface area contributed by atoms with Crippen LogP contribution >= 0.6 is 0 Å². The summed E-state index contributed by atoms with van der Waals surface area (Å²) in [6, 6.07) is 0. The maximum atomic E-state index is 11.9. The summed E-state index contributed by atoms with van der Waals surface area (Å²) in [6.07, 6.45) is -2.27. The summed E-state index contributed by atoms with van der Waals surface area (Å²) in [6.45, 7) is 3.44. The van der Waals surface area contributed by atoms with Crippen molar-refractivity contribution in [3.63, 3.8) is 0 Å². The van der Waals surface area contributed by atoms with Crippen LogP contribution in [0.5, 0.6) is 0 Å². The van der Waals surface area contributed by atoms with E-state index in [-0.39, 0.29) is 0 Å². The highest BCUT2D eigenvalue weighted by atomic mass is 19.4. The number of halogens is 3. The molecule has 0 amide bonds. The van der Waals surface area contributed by atoms with Crippen LogP contribution in [0, 0.1) is 0 Å². The van der Waals surface area contributed by atoms with E-state index in [1.165, 1.54) is 11.9 Å². The van der Waals surface area contributed by atoms with E-state index in [9.17, 15) is 13.2 Å². The molecule has 1 N–H and O–H groups in total. The van der Waals surface area contributed by atoms with E-state index in [1.54, 1.807) is 0 Å². The molecule has 0 fully saturated rings. The van der Waals surface area contributed by atoms with Gasteiger partial charge in [-0.15, -0.1) is 0 Å². The Morgan fingerprint density at radius 3 is 2.36 bits per heavy atom. The lowest BCUT2D eigenvalue weighted by Crippen LogP contribution is -2.33. The molecule has 0 radical (unpaired) electrons. The number of nitrogens with one attached hydrogen (secondary N) is 1. The van der Waals surface area contributed by atoms with Crippen molar-refractivity contribution >= 4 is 0 Å². The van der Waals surface area contributed by atoms with E-state index < -0.39 is 12.7 Å². The largest absolute Gasteiger partial charge is 0.401 e. The Balaban J connectivity index is 3.31. The summed E-state index contributed by atoms with van der Waals surface area (Å²) in [5, 5.41) is 3.15. The zero-order valence-electron chi connectivity index (χ0n) is 8.82. The van der Waals surface area contributed by atoms with Gasteiger partial charge in [0.25, 0.3) is 0 Å². The van der Waals surface area contributed by atoms with Crippen LogP contribution in [-0.2, 0) is 0 Å². The number of rotatable bonds is 7. The predicted molar refractivity (Wildman–Crippen MR) is 51.3 cm³/mol. The topological polar surface area (TPSA) is 15.3 Å². The van der Waals surface area contributed by atoms with Crippen LogP contribution in [0.15, 0.2) is 0 Å². The summed E-state index contributed by atoms with van der Waals surface area (Å²) in [4.78, 5) is 1.30. The first-order valence-electron chi connectivity index (χ1n) is 4.91. The second-order valence-electron chi connectivity index (χ2n) is 3.46. The van der Waals surface area contributed by atoms with Gasteiger partial charge in [-0.1, -0.05) is 6.92 Å². The zero-order chi connectivity index (χ0) is 11.0. The van der Waals surface area contributed by atoms with E-state index in [0.29, 0.717) is 6.54 Å². The van der Waals surface area contributed by atoms with Crippen molar-refractivity contribution in [2.24, 2.45) is 0 Å². The van der Waals surface area contributed by atoms with E-state index >= 15 is 0 Å². The van der Waals surface area contributed by atoms with Crippen molar-refractivity contribution in [3.05, 3.63) is 0 Å². The second-order valence-corrected chi connectivity index (χ2v) is 3.46. The summed E-state index contributed by atoms with van der Waals surface area (Å²) in [5.41, 5.74) is 0. The molecule has 0 aliphatic heterocycles. The maximum absolute atomic E-state index is 11.9. The van der Waals surface area contributed by atoms with Crippen LogP contribution in [0.2, 0.25) is 0 Å². The number of hydrogen-bond donors (Lipinski definition) is 1. The average molecular weight is 212 g/mol. The van der Waals surface area contributed by atoms with Gasteiger partial charge in [-0.3, -0.25) is 4.90 Å². The van der Waals surface area contributed by atoms with Crippen molar-refractivity contribution in [2.75, 3.05) is 33.2 Å². The monoisotopic (exact) mass is 212 g/mol. The average Bonchev–Trinajstić information content (AvgIpc) is 2.00. The van der Waals surface area contributed by atoms with Crippen molar-refractivity contribution < 1.29 is 13.2 Å². The minimum Gasteiger partial charge on any atom is -0.317 e. The lowest BCUT2D eigenvalue weighted by Gasteiger charge is -2.18. The Bertz CT molecular complexity index is 137. The number of alkyl halides is 3. The van der Waals surface area contributed by atoms with Crippen LogP contribution in [0.4, 0.5) is 13.2 Å². The molecule has 14 heavy (non-hydrogen) atoms. The molecule has 0 unspecified atom stereocenters. The molecule has 0 aromatic rings. The molecular weight excluding hydrogens is 193 g/mol. The fourth-order valence-corrected chi connectivity index (χ4v) is 1.16. The Hall–Kier alpha value is -0.290. The Morgan fingerprint density at radius 2 is 1.86 bits per heavy atom. The molecule has 0 rings (SSSR count). The fraction of sp³-hybridized carbons (Fsp3) is 1.00. The molecule has 0 spiro atoms. The molecule has 0 atom stereocenters. The predicted octanol–water partition coefficient (Wildman–Crippen LogP) is 1.87. The third kappa shape index (κ3) is 9.80. The summed E-state index contributed by atoms with van der Waals surface area (Å²) < 4.78 is 35.6. The minimum absolute atomic E-state index is 0.482. The maximum Gasteiger partial charge on any atom is 0.401 e. The Kier molecular flexibility index (Phi) is 6.92. The van der Waals surface area contributed by atoms with Gasteiger partial charge >= 0.3 is 6.18 Å². The summed E-state index contributed by atoms with van der Waals surface area (Å²) in [7, 11) is 1.49. The first-order chi connectivity index (χ1) is 6.45. The highest BCUT2D eigenvalue weighted by Gasteiger charge is 2.28. The molecular formula is C9H19F3N2. The number of hydrogen-bond acceptors (Lipinski definition) is 2. The molecule has 86 valence electrons. The van der Waals surface area contributed by atoms with Gasteiger partial charge in [-0.05, 0) is 39.5 Å². The molecule has 0 saturated carbocycles. The second kappa shape index (κ2) is 7.06. The number of nitrogens with zero attached hydrogens (tertiary/aromatic N) is 1.